The van der Waals surface area contributed by atoms with Gasteiger partial charge in [0, 0.05) is 16.7 Å². The van der Waals surface area contributed by atoms with Crippen molar-refractivity contribution >= 4 is 0 Å². The number of allylic oxidation sites excluding steroid dienone is 1. The van der Waals surface area contributed by atoms with E-state index >= 15 is 8.78 Å². The Labute approximate surface area is 229 Å². The van der Waals surface area contributed by atoms with Crippen LogP contribution in [-0.4, -0.2) is 6.61 Å². The minimum atomic E-state index is -0.932. The van der Waals surface area contributed by atoms with Crippen LogP contribution in [0.4, 0.5) is 17.6 Å². The first-order chi connectivity index (χ1) is 18.9. The fraction of sp³-hybridized carbons (Fsp3) is 0.412. The summed E-state index contributed by atoms with van der Waals surface area (Å²) in [7, 11) is 0. The molecule has 3 aromatic carbocycles. The van der Waals surface area contributed by atoms with Gasteiger partial charge < -0.3 is 4.74 Å². The molecule has 1 aliphatic heterocycles. The standard InChI is InChI=1S/C34H38F4O/c1-3-5-7-8-9-11-26-17-18-27(32(36)31(26)35)24-13-15-25(16-14-24)28-19-20-29(34(38)33(28)37)30-21-12-23(22-39-30)10-6-4-2/h4,13-20,23,30H,2-3,5-12,21-22H2,1H3. The first-order valence-corrected chi connectivity index (χ1v) is 14.2. The van der Waals surface area contributed by atoms with Crippen molar-refractivity contribution in [1.29, 1.82) is 0 Å². The van der Waals surface area contributed by atoms with Crippen molar-refractivity contribution in [3.8, 4) is 22.3 Å². The molecule has 0 aliphatic carbocycles. The number of halogens is 4. The smallest absolute Gasteiger partial charge is 0.167 e. The van der Waals surface area contributed by atoms with Crippen molar-refractivity contribution in [1.82, 2.24) is 0 Å². The molecule has 1 aliphatic rings. The summed E-state index contributed by atoms with van der Waals surface area (Å²) in [4.78, 5) is 0. The molecule has 0 N–H and O–H groups in total. The molecule has 0 aromatic heterocycles. The Morgan fingerprint density at radius 2 is 1.41 bits per heavy atom. The maximum Gasteiger partial charge on any atom is 0.167 e. The predicted octanol–water partition coefficient (Wildman–Crippen LogP) is 10.5. The lowest BCUT2D eigenvalue weighted by atomic mass is 9.90. The monoisotopic (exact) mass is 538 g/mol. The van der Waals surface area contributed by atoms with Crippen molar-refractivity contribution in [2.45, 2.75) is 77.2 Å². The molecule has 2 unspecified atom stereocenters. The van der Waals surface area contributed by atoms with E-state index < -0.39 is 29.4 Å². The van der Waals surface area contributed by atoms with Gasteiger partial charge in [0.1, 0.15) is 0 Å². The second kappa shape index (κ2) is 13.9. The van der Waals surface area contributed by atoms with Crippen LogP contribution < -0.4 is 0 Å². The van der Waals surface area contributed by atoms with Gasteiger partial charge in [-0.2, -0.15) is 0 Å². The molecule has 0 bridgehead atoms. The third kappa shape index (κ3) is 7.00. The molecule has 3 aromatic rings. The first-order valence-electron chi connectivity index (χ1n) is 14.2. The molecule has 0 amide bonds. The Bertz CT molecular complexity index is 1240. The number of ether oxygens (including phenoxy) is 1. The van der Waals surface area contributed by atoms with Gasteiger partial charge in [0.05, 0.1) is 12.7 Å². The SMILES string of the molecule is C=CCCC1CCC(c2ccc(-c3ccc(-c4ccc(CCCCCCC)c(F)c4F)cc3)c(F)c2F)OC1. The van der Waals surface area contributed by atoms with Gasteiger partial charge in [-0.15, -0.1) is 6.58 Å². The molecule has 1 fully saturated rings. The lowest BCUT2D eigenvalue weighted by Gasteiger charge is -2.29. The van der Waals surface area contributed by atoms with Gasteiger partial charge in [-0.05, 0) is 61.1 Å². The molecular weight excluding hydrogens is 500 g/mol. The average molecular weight is 539 g/mol. The van der Waals surface area contributed by atoms with Gasteiger partial charge in [0.15, 0.2) is 23.3 Å². The summed E-state index contributed by atoms with van der Waals surface area (Å²) in [5, 5.41) is 0. The molecule has 0 saturated carbocycles. The maximum atomic E-state index is 15.2. The van der Waals surface area contributed by atoms with Crippen LogP contribution in [0.5, 0.6) is 0 Å². The van der Waals surface area contributed by atoms with E-state index in [9.17, 15) is 8.78 Å². The minimum Gasteiger partial charge on any atom is -0.373 e. The number of hydrogen-bond acceptors (Lipinski definition) is 1. The number of benzene rings is 3. The Hall–Kier alpha value is -2.92. The fourth-order valence-corrected chi connectivity index (χ4v) is 5.42. The number of aryl methyl sites for hydroxylation is 1. The first kappa shape index (κ1) is 29.1. The van der Waals surface area contributed by atoms with Crippen molar-refractivity contribution in [2.24, 2.45) is 5.92 Å². The second-order valence-corrected chi connectivity index (χ2v) is 10.6. The molecule has 0 radical (unpaired) electrons. The van der Waals surface area contributed by atoms with Crippen LogP contribution in [0.1, 0.15) is 81.9 Å². The van der Waals surface area contributed by atoms with E-state index in [1.165, 1.54) is 0 Å². The highest BCUT2D eigenvalue weighted by Gasteiger charge is 2.27. The summed E-state index contributed by atoms with van der Waals surface area (Å²) < 4.78 is 65.8. The topological polar surface area (TPSA) is 9.23 Å². The highest BCUT2D eigenvalue weighted by molar-refractivity contribution is 5.71. The van der Waals surface area contributed by atoms with Crippen LogP contribution in [0, 0.1) is 29.2 Å². The highest BCUT2D eigenvalue weighted by Crippen LogP contribution is 2.37. The van der Waals surface area contributed by atoms with E-state index in [0.29, 0.717) is 42.1 Å². The highest BCUT2D eigenvalue weighted by atomic mass is 19.2. The molecule has 39 heavy (non-hydrogen) atoms. The van der Waals surface area contributed by atoms with Crippen LogP contribution in [0.15, 0.2) is 61.2 Å². The zero-order chi connectivity index (χ0) is 27.8. The largest absolute Gasteiger partial charge is 0.373 e. The van der Waals surface area contributed by atoms with Crippen LogP contribution in [0.25, 0.3) is 22.3 Å². The van der Waals surface area contributed by atoms with Crippen molar-refractivity contribution < 1.29 is 22.3 Å². The van der Waals surface area contributed by atoms with E-state index in [1.54, 1.807) is 48.5 Å². The molecule has 2 atom stereocenters. The molecule has 1 heterocycles. The number of hydrogen-bond donors (Lipinski definition) is 0. The van der Waals surface area contributed by atoms with Gasteiger partial charge in [0.2, 0.25) is 0 Å². The molecule has 208 valence electrons. The Morgan fingerprint density at radius 1 is 0.769 bits per heavy atom. The van der Waals surface area contributed by atoms with E-state index in [-0.39, 0.29) is 16.7 Å². The van der Waals surface area contributed by atoms with Gasteiger partial charge >= 0.3 is 0 Å². The van der Waals surface area contributed by atoms with Gasteiger partial charge in [0.25, 0.3) is 0 Å². The van der Waals surface area contributed by atoms with Crippen molar-refractivity contribution in [2.75, 3.05) is 6.61 Å². The zero-order valence-electron chi connectivity index (χ0n) is 22.8. The Morgan fingerprint density at radius 3 is 2.03 bits per heavy atom. The predicted molar refractivity (Wildman–Crippen MR) is 150 cm³/mol. The quantitative estimate of drug-likeness (QED) is 0.127. The summed E-state index contributed by atoms with van der Waals surface area (Å²) in [5.74, 6) is -3.11. The van der Waals surface area contributed by atoms with E-state index in [4.69, 9.17) is 4.74 Å². The van der Waals surface area contributed by atoms with E-state index in [1.807, 2.05) is 6.08 Å². The van der Waals surface area contributed by atoms with Crippen molar-refractivity contribution in [3.05, 3.63) is 95.6 Å². The molecule has 4 rings (SSSR count). The minimum absolute atomic E-state index is 0.118. The Kier molecular flexibility index (Phi) is 10.4. The van der Waals surface area contributed by atoms with Crippen LogP contribution in [-0.2, 0) is 11.2 Å². The summed E-state index contributed by atoms with van der Waals surface area (Å²) in [6.45, 7) is 6.41. The molecule has 1 saturated heterocycles. The maximum absolute atomic E-state index is 15.2. The third-order valence-corrected chi connectivity index (χ3v) is 7.83. The van der Waals surface area contributed by atoms with Crippen LogP contribution >= 0.6 is 0 Å². The van der Waals surface area contributed by atoms with Gasteiger partial charge in [-0.25, -0.2) is 17.6 Å². The summed E-state index contributed by atoms with van der Waals surface area (Å²) in [6, 6.07) is 12.8. The lowest BCUT2D eigenvalue weighted by molar-refractivity contribution is -0.0210. The second-order valence-electron chi connectivity index (χ2n) is 10.6. The average Bonchev–Trinajstić information content (AvgIpc) is 2.96. The van der Waals surface area contributed by atoms with Crippen LogP contribution in [0.2, 0.25) is 0 Å². The van der Waals surface area contributed by atoms with E-state index in [2.05, 4.69) is 13.5 Å². The molecule has 0 spiro atoms. The number of unbranched alkanes of at least 4 members (excludes halogenated alkanes) is 4. The summed E-state index contributed by atoms with van der Waals surface area (Å²) in [5.41, 5.74) is 1.82. The van der Waals surface area contributed by atoms with Crippen molar-refractivity contribution in [3.63, 3.8) is 0 Å². The van der Waals surface area contributed by atoms with Gasteiger partial charge in [-0.3, -0.25) is 0 Å². The lowest BCUT2D eigenvalue weighted by Crippen LogP contribution is -2.21. The van der Waals surface area contributed by atoms with Crippen LogP contribution in [0.3, 0.4) is 0 Å². The molecule has 5 heteroatoms. The van der Waals surface area contributed by atoms with Gasteiger partial charge in [-0.1, -0.05) is 87.2 Å². The normalized spacial score (nSPS) is 17.4. The summed E-state index contributed by atoms with van der Waals surface area (Å²) >= 11 is 0. The Balaban J connectivity index is 1.45. The zero-order valence-corrected chi connectivity index (χ0v) is 22.8. The summed E-state index contributed by atoms with van der Waals surface area (Å²) in [6.07, 6.45) is 10.6. The number of rotatable bonds is 12. The fourth-order valence-electron chi connectivity index (χ4n) is 5.42. The third-order valence-electron chi connectivity index (χ3n) is 7.83. The molecular formula is C34H38F4O. The van der Waals surface area contributed by atoms with E-state index in [0.717, 1.165) is 51.4 Å². The molecule has 1 nitrogen and oxygen atoms in total.